The molecule has 1 rings (SSSR count). The van der Waals surface area contributed by atoms with Crippen molar-refractivity contribution in [2.45, 2.75) is 26.8 Å². The zero-order chi connectivity index (χ0) is 10.9. The molecule has 0 saturated carbocycles. The zero-order valence-corrected chi connectivity index (χ0v) is 10.1. The van der Waals surface area contributed by atoms with E-state index in [0.717, 1.165) is 0 Å². The summed E-state index contributed by atoms with van der Waals surface area (Å²) in [5.74, 6) is 0.127. The van der Waals surface area contributed by atoms with Gasteiger partial charge in [-0.2, -0.15) is 0 Å². The summed E-state index contributed by atoms with van der Waals surface area (Å²) in [4.78, 5) is 11.8. The van der Waals surface area contributed by atoms with Crippen LogP contribution in [0.25, 0.3) is 0 Å². The van der Waals surface area contributed by atoms with Gasteiger partial charge in [-0.25, -0.2) is 0 Å². The zero-order valence-electron chi connectivity index (χ0n) is 8.50. The summed E-state index contributed by atoms with van der Waals surface area (Å²) >= 11 is 3.23. The highest BCUT2D eigenvalue weighted by Gasteiger charge is 2.30. The van der Waals surface area contributed by atoms with Gasteiger partial charge in [-0.3, -0.25) is 4.79 Å². The average Bonchev–Trinajstić information content (AvgIpc) is 2.47. The second-order valence-electron chi connectivity index (χ2n) is 4.31. The fraction of sp³-hybridized carbons (Fsp3) is 0.500. The SMILES string of the molecule is CC(C)(C)C(N)C(=O)c1occc1Br. The van der Waals surface area contributed by atoms with E-state index >= 15 is 0 Å². The van der Waals surface area contributed by atoms with Crippen LogP contribution in [0.4, 0.5) is 0 Å². The van der Waals surface area contributed by atoms with Gasteiger partial charge in [-0.05, 0) is 27.4 Å². The molecule has 78 valence electrons. The van der Waals surface area contributed by atoms with E-state index in [1.54, 1.807) is 6.07 Å². The van der Waals surface area contributed by atoms with Gasteiger partial charge in [0.25, 0.3) is 0 Å². The number of hydrogen-bond donors (Lipinski definition) is 1. The minimum Gasteiger partial charge on any atom is -0.460 e. The van der Waals surface area contributed by atoms with E-state index < -0.39 is 6.04 Å². The van der Waals surface area contributed by atoms with Crippen molar-refractivity contribution in [1.29, 1.82) is 0 Å². The van der Waals surface area contributed by atoms with Crippen LogP contribution in [0.5, 0.6) is 0 Å². The Hall–Kier alpha value is -0.610. The first-order valence-electron chi connectivity index (χ1n) is 4.37. The summed E-state index contributed by atoms with van der Waals surface area (Å²) in [5.41, 5.74) is 5.56. The molecule has 14 heavy (non-hydrogen) atoms. The van der Waals surface area contributed by atoms with Crippen LogP contribution in [0.15, 0.2) is 21.2 Å². The monoisotopic (exact) mass is 259 g/mol. The van der Waals surface area contributed by atoms with E-state index in [9.17, 15) is 4.79 Å². The molecule has 1 atom stereocenters. The topological polar surface area (TPSA) is 56.2 Å². The third-order valence-electron chi connectivity index (χ3n) is 2.06. The Morgan fingerprint density at radius 2 is 2.14 bits per heavy atom. The van der Waals surface area contributed by atoms with Gasteiger partial charge in [-0.1, -0.05) is 20.8 Å². The molecule has 0 spiro atoms. The Labute approximate surface area is 91.8 Å². The normalized spacial score (nSPS) is 14.1. The molecule has 0 fully saturated rings. The molecule has 0 aliphatic heterocycles. The molecule has 0 aromatic carbocycles. The lowest BCUT2D eigenvalue weighted by atomic mass is 9.84. The maximum absolute atomic E-state index is 11.8. The van der Waals surface area contributed by atoms with Gasteiger partial charge < -0.3 is 10.2 Å². The Morgan fingerprint density at radius 1 is 1.57 bits per heavy atom. The molecule has 0 aliphatic rings. The largest absolute Gasteiger partial charge is 0.460 e. The van der Waals surface area contributed by atoms with Crippen LogP contribution in [-0.4, -0.2) is 11.8 Å². The second-order valence-corrected chi connectivity index (χ2v) is 5.16. The third-order valence-corrected chi connectivity index (χ3v) is 2.68. The van der Waals surface area contributed by atoms with E-state index in [1.807, 2.05) is 20.8 Å². The number of carbonyl (C=O) groups excluding carboxylic acids is 1. The van der Waals surface area contributed by atoms with Crippen LogP contribution in [-0.2, 0) is 0 Å². The lowest BCUT2D eigenvalue weighted by Gasteiger charge is -2.24. The van der Waals surface area contributed by atoms with Crippen molar-refractivity contribution >= 4 is 21.7 Å². The van der Waals surface area contributed by atoms with E-state index in [0.29, 0.717) is 10.2 Å². The lowest BCUT2D eigenvalue weighted by Crippen LogP contribution is -2.42. The van der Waals surface area contributed by atoms with Gasteiger partial charge in [0.05, 0.1) is 16.8 Å². The molecule has 0 bridgehead atoms. The number of nitrogens with two attached hydrogens (primary N) is 1. The molecule has 1 unspecified atom stereocenters. The number of ketones is 1. The molecular formula is C10H14BrNO2. The van der Waals surface area contributed by atoms with Crippen LogP contribution < -0.4 is 5.73 Å². The summed E-state index contributed by atoms with van der Waals surface area (Å²) < 4.78 is 5.72. The lowest BCUT2D eigenvalue weighted by molar-refractivity contribution is 0.0872. The molecule has 3 nitrogen and oxygen atoms in total. The molecule has 2 N–H and O–H groups in total. The molecule has 1 aromatic heterocycles. The van der Waals surface area contributed by atoms with Crippen molar-refractivity contribution in [3.05, 3.63) is 22.6 Å². The van der Waals surface area contributed by atoms with E-state index in [1.165, 1.54) is 6.26 Å². The fourth-order valence-electron chi connectivity index (χ4n) is 1.00. The van der Waals surface area contributed by atoms with Crippen molar-refractivity contribution in [3.63, 3.8) is 0 Å². The van der Waals surface area contributed by atoms with Gasteiger partial charge in [0.15, 0.2) is 5.76 Å². The molecule has 0 saturated heterocycles. The van der Waals surface area contributed by atoms with Crippen LogP contribution >= 0.6 is 15.9 Å². The standard InChI is InChI=1S/C10H14BrNO2/c1-10(2,3)9(12)7(13)8-6(11)4-5-14-8/h4-5,9H,12H2,1-3H3. The molecular weight excluding hydrogens is 246 g/mol. The molecule has 1 aromatic rings. The van der Waals surface area contributed by atoms with Gasteiger partial charge >= 0.3 is 0 Å². The summed E-state index contributed by atoms with van der Waals surface area (Å²) in [6.07, 6.45) is 1.46. The van der Waals surface area contributed by atoms with Crippen LogP contribution in [0.1, 0.15) is 31.3 Å². The van der Waals surface area contributed by atoms with E-state index in [4.69, 9.17) is 10.2 Å². The quantitative estimate of drug-likeness (QED) is 0.831. The highest BCUT2D eigenvalue weighted by atomic mass is 79.9. The van der Waals surface area contributed by atoms with Gasteiger partial charge in [0.1, 0.15) is 0 Å². The number of furan rings is 1. The summed E-state index contributed by atoms with van der Waals surface area (Å²) in [6.45, 7) is 5.77. The summed E-state index contributed by atoms with van der Waals surface area (Å²) in [5, 5.41) is 0. The van der Waals surface area contributed by atoms with Crippen LogP contribution in [0.2, 0.25) is 0 Å². The average molecular weight is 260 g/mol. The maximum Gasteiger partial charge on any atom is 0.216 e. The summed E-state index contributed by atoms with van der Waals surface area (Å²) in [6, 6.07) is 1.13. The van der Waals surface area contributed by atoms with Crippen molar-refractivity contribution in [1.82, 2.24) is 0 Å². The smallest absolute Gasteiger partial charge is 0.216 e. The first-order chi connectivity index (χ1) is 6.34. The number of rotatable bonds is 2. The first kappa shape index (κ1) is 11.5. The number of carbonyl (C=O) groups is 1. The molecule has 1 heterocycles. The molecule has 0 radical (unpaired) electrons. The predicted molar refractivity (Wildman–Crippen MR) is 58.2 cm³/mol. The molecule has 4 heteroatoms. The van der Waals surface area contributed by atoms with E-state index in [-0.39, 0.29) is 11.2 Å². The van der Waals surface area contributed by atoms with Crippen molar-refractivity contribution < 1.29 is 9.21 Å². The molecule has 0 aliphatic carbocycles. The third kappa shape index (κ3) is 2.25. The Morgan fingerprint density at radius 3 is 2.50 bits per heavy atom. The Kier molecular flexibility index (Phi) is 3.17. The van der Waals surface area contributed by atoms with Gasteiger partial charge in [0.2, 0.25) is 5.78 Å². The number of Topliss-reactive ketones (excluding diaryl/α,β-unsaturated/α-hetero) is 1. The number of halogens is 1. The van der Waals surface area contributed by atoms with Crippen LogP contribution in [0.3, 0.4) is 0 Å². The highest BCUT2D eigenvalue weighted by Crippen LogP contribution is 2.25. The maximum atomic E-state index is 11.8. The first-order valence-corrected chi connectivity index (χ1v) is 5.16. The highest BCUT2D eigenvalue weighted by molar-refractivity contribution is 9.10. The van der Waals surface area contributed by atoms with E-state index in [2.05, 4.69) is 15.9 Å². The Balaban J connectivity index is 2.92. The molecule has 0 amide bonds. The summed E-state index contributed by atoms with van der Waals surface area (Å²) in [7, 11) is 0. The van der Waals surface area contributed by atoms with Crippen molar-refractivity contribution in [3.8, 4) is 0 Å². The predicted octanol–water partition coefficient (Wildman–Crippen LogP) is 2.60. The Bertz CT molecular complexity index is 338. The number of hydrogen-bond acceptors (Lipinski definition) is 3. The van der Waals surface area contributed by atoms with Gasteiger partial charge in [-0.15, -0.1) is 0 Å². The minimum absolute atomic E-state index is 0.172. The van der Waals surface area contributed by atoms with Gasteiger partial charge in [0, 0.05) is 0 Å². The van der Waals surface area contributed by atoms with Crippen molar-refractivity contribution in [2.75, 3.05) is 0 Å². The van der Waals surface area contributed by atoms with Crippen molar-refractivity contribution in [2.24, 2.45) is 11.1 Å². The fourth-order valence-corrected chi connectivity index (χ4v) is 1.40. The second kappa shape index (κ2) is 3.87. The van der Waals surface area contributed by atoms with Crippen LogP contribution in [0, 0.1) is 5.41 Å². The minimum atomic E-state index is -0.551.